The number of piperazine rings is 1. The third kappa shape index (κ3) is 7.81. The van der Waals surface area contributed by atoms with Crippen molar-refractivity contribution in [3.8, 4) is 17.1 Å². The van der Waals surface area contributed by atoms with Crippen LogP contribution in [0.5, 0.6) is 5.88 Å². The fourth-order valence-corrected chi connectivity index (χ4v) is 9.84. The number of benzene rings is 2. The Morgan fingerprint density at radius 1 is 0.887 bits per heavy atom. The number of fused-ring (bicyclic) bond motifs is 8. The topological polar surface area (TPSA) is 161 Å². The van der Waals surface area contributed by atoms with Crippen molar-refractivity contribution in [3.63, 3.8) is 0 Å². The molecule has 0 saturated carbocycles. The van der Waals surface area contributed by atoms with Gasteiger partial charge in [0.15, 0.2) is 0 Å². The van der Waals surface area contributed by atoms with Gasteiger partial charge in [-0.3, -0.25) is 34.4 Å². The molecule has 0 radical (unpaired) electrons. The van der Waals surface area contributed by atoms with Gasteiger partial charge < -0.3 is 29.7 Å². The number of carbonyl (C=O) groups is 4. The normalized spacial score (nSPS) is 23.2. The Kier molecular flexibility index (Phi) is 10.5. The molecular weight excluding hydrogens is 787 g/mol. The van der Waals surface area contributed by atoms with Crippen molar-refractivity contribution in [2.75, 3.05) is 74.1 Å². The number of nitrogens with zero attached hydrogens (tertiary/aromatic N) is 9. The number of hydrogen-bond donors (Lipinski definition) is 2. The van der Waals surface area contributed by atoms with Gasteiger partial charge in [-0.05, 0) is 79.6 Å². The molecule has 16 heteroatoms. The highest BCUT2D eigenvalue weighted by molar-refractivity contribution is 6.19. The second kappa shape index (κ2) is 16.3. The minimum atomic E-state index is -0.601. The minimum absolute atomic E-state index is 0.131. The Balaban J connectivity index is 0.750. The highest BCUT2D eigenvalue weighted by atomic mass is 16.5. The Morgan fingerprint density at radius 3 is 2.53 bits per heavy atom. The molecule has 16 nitrogen and oxygen atoms in total. The van der Waals surface area contributed by atoms with Crippen LogP contribution in [0.2, 0.25) is 0 Å². The SMILES string of the molecule is Cc1cc2cc(n1)-c1cnn(C)c1OCCC[C@@H](C)CN1/C(=N/C2=O)Nc2ccc(CN3CCN(CC4CN(c5ccc6c(c5)C(=O)N(C5CCC(=O)NC5=O)C6)C4)CC3)cc21. The third-order valence-electron chi connectivity index (χ3n) is 13.2. The van der Waals surface area contributed by atoms with Gasteiger partial charge in [0.25, 0.3) is 11.8 Å². The van der Waals surface area contributed by atoms with Gasteiger partial charge >= 0.3 is 0 Å². The number of piperidine rings is 1. The predicted molar refractivity (Wildman–Crippen MR) is 234 cm³/mol. The summed E-state index contributed by atoms with van der Waals surface area (Å²) < 4.78 is 7.97. The van der Waals surface area contributed by atoms with Crippen molar-refractivity contribution < 1.29 is 23.9 Å². The molecule has 2 aromatic heterocycles. The van der Waals surface area contributed by atoms with E-state index in [0.717, 1.165) is 93.4 Å². The number of amides is 4. The zero-order valence-electron chi connectivity index (χ0n) is 35.6. The molecule has 2 aromatic carbocycles. The number of aryl methyl sites for hydroxylation is 2. The molecule has 4 aromatic rings. The van der Waals surface area contributed by atoms with Gasteiger partial charge in [0, 0.05) is 107 Å². The summed E-state index contributed by atoms with van der Waals surface area (Å²) in [7, 11) is 1.85. The lowest BCUT2D eigenvalue weighted by Gasteiger charge is -2.45. The van der Waals surface area contributed by atoms with E-state index in [9.17, 15) is 19.2 Å². The Morgan fingerprint density at radius 2 is 1.71 bits per heavy atom. The van der Waals surface area contributed by atoms with E-state index in [1.807, 2.05) is 26.1 Å². The summed E-state index contributed by atoms with van der Waals surface area (Å²) >= 11 is 0. The first-order chi connectivity index (χ1) is 30.0. The largest absolute Gasteiger partial charge is 0.477 e. The Bertz CT molecular complexity index is 2490. The number of anilines is 3. The van der Waals surface area contributed by atoms with E-state index in [-0.39, 0.29) is 30.0 Å². The molecule has 4 amide bonds. The van der Waals surface area contributed by atoms with Crippen LogP contribution >= 0.6 is 0 Å². The van der Waals surface area contributed by atoms with Crippen molar-refractivity contribution in [2.45, 2.75) is 58.7 Å². The molecule has 2 atom stereocenters. The van der Waals surface area contributed by atoms with Crippen molar-refractivity contribution in [1.82, 2.24) is 34.8 Å². The van der Waals surface area contributed by atoms with Crippen LogP contribution in [0.4, 0.5) is 17.1 Å². The Labute approximate surface area is 360 Å². The number of ether oxygens (including phenoxy) is 1. The molecule has 3 saturated heterocycles. The molecule has 6 aliphatic rings. The highest BCUT2D eigenvalue weighted by Crippen LogP contribution is 2.37. The van der Waals surface area contributed by atoms with Crippen molar-refractivity contribution >= 4 is 46.7 Å². The standard InChI is InChI=1S/C46H53N11O5/c1-28-5-4-16-62-45-36(21-47-52(45)3)38-19-33(17-29(2)48-38)42(59)51-46-49-37-9-6-30(18-40(37)57(46)22-28)23-53-12-14-54(15-13-53)24-31-25-55(26-31)34-8-7-32-27-56(44(61)35(32)20-34)39-10-11-41(58)50-43(39)60/h6-9,17-21,28,31,39H,4-5,10-16,22-27H2,1-3H3,(H,49,51,59)(H,50,58,60)/t28-,39?/m1/s1. The molecular formula is C46H53N11O5. The van der Waals surface area contributed by atoms with Crippen LogP contribution in [-0.4, -0.2) is 124 Å². The fourth-order valence-electron chi connectivity index (χ4n) is 9.84. The molecule has 0 aliphatic carbocycles. The van der Waals surface area contributed by atoms with Gasteiger partial charge in [-0.2, -0.15) is 10.1 Å². The number of imide groups is 1. The van der Waals surface area contributed by atoms with Crippen LogP contribution in [-0.2, 0) is 29.7 Å². The first-order valence-electron chi connectivity index (χ1n) is 21.9. The average Bonchev–Trinajstić information content (AvgIpc) is 3.89. The van der Waals surface area contributed by atoms with E-state index in [1.54, 1.807) is 27.9 Å². The predicted octanol–water partition coefficient (Wildman–Crippen LogP) is 4.04. The second-order valence-electron chi connectivity index (χ2n) is 17.9. The van der Waals surface area contributed by atoms with Gasteiger partial charge in [0.2, 0.25) is 23.7 Å². The maximum Gasteiger partial charge on any atom is 0.280 e. The van der Waals surface area contributed by atoms with Gasteiger partial charge in [-0.1, -0.05) is 19.1 Å². The first kappa shape index (κ1) is 40.0. The summed E-state index contributed by atoms with van der Waals surface area (Å²) in [5, 5.41) is 10.3. The second-order valence-corrected chi connectivity index (χ2v) is 17.9. The van der Waals surface area contributed by atoms with E-state index < -0.39 is 6.04 Å². The van der Waals surface area contributed by atoms with Crippen LogP contribution in [0.1, 0.15) is 70.1 Å². The number of hydrogen-bond acceptors (Lipinski definition) is 12. The molecule has 6 aliphatic heterocycles. The lowest BCUT2D eigenvalue weighted by molar-refractivity contribution is -0.136. The van der Waals surface area contributed by atoms with E-state index in [0.29, 0.717) is 72.3 Å². The quantitative estimate of drug-likeness (QED) is 0.269. The molecule has 0 spiro atoms. The molecule has 2 N–H and O–H groups in total. The van der Waals surface area contributed by atoms with Crippen molar-refractivity contribution in [2.24, 2.45) is 23.9 Å². The summed E-state index contributed by atoms with van der Waals surface area (Å²) in [5.74, 6) is 0.925. The zero-order chi connectivity index (χ0) is 42.6. The molecule has 62 heavy (non-hydrogen) atoms. The smallest absolute Gasteiger partial charge is 0.280 e. The van der Waals surface area contributed by atoms with Crippen molar-refractivity contribution in [3.05, 3.63) is 82.7 Å². The van der Waals surface area contributed by atoms with Gasteiger partial charge in [0.05, 0.1) is 35.4 Å². The number of carbonyl (C=O) groups excluding carboxylic acids is 4. The molecule has 2 bridgehead atoms. The molecule has 322 valence electrons. The number of rotatable bonds is 6. The van der Waals surface area contributed by atoms with Crippen LogP contribution in [0.3, 0.4) is 0 Å². The molecule has 1 unspecified atom stereocenters. The summed E-state index contributed by atoms with van der Waals surface area (Å²) in [6.45, 7) is 13.5. The summed E-state index contributed by atoms with van der Waals surface area (Å²) in [5.41, 5.74) is 8.42. The monoisotopic (exact) mass is 839 g/mol. The maximum atomic E-state index is 13.8. The summed E-state index contributed by atoms with van der Waals surface area (Å²) in [6.07, 6.45) is 4.17. The minimum Gasteiger partial charge on any atom is -0.477 e. The van der Waals surface area contributed by atoms with Gasteiger partial charge in [-0.25, -0.2) is 4.68 Å². The van der Waals surface area contributed by atoms with Crippen LogP contribution in [0, 0.1) is 18.8 Å². The van der Waals surface area contributed by atoms with E-state index in [4.69, 9.17) is 9.72 Å². The number of nitrogens with one attached hydrogen (secondary N) is 2. The number of aliphatic imine (C=N–C) groups is 1. The van der Waals surface area contributed by atoms with E-state index in [2.05, 4.69) is 71.5 Å². The zero-order valence-corrected chi connectivity index (χ0v) is 35.6. The third-order valence-corrected chi connectivity index (χ3v) is 13.2. The fraction of sp³-hybridized carbons (Fsp3) is 0.457. The average molecular weight is 840 g/mol. The van der Waals surface area contributed by atoms with Crippen LogP contribution in [0.25, 0.3) is 11.3 Å². The lowest BCUT2D eigenvalue weighted by atomic mass is 9.97. The first-order valence-corrected chi connectivity index (χ1v) is 21.9. The number of pyridine rings is 1. The number of aromatic nitrogens is 3. The molecule has 10 rings (SSSR count). The summed E-state index contributed by atoms with van der Waals surface area (Å²) in [6, 6.07) is 15.6. The van der Waals surface area contributed by atoms with Crippen LogP contribution in [0.15, 0.2) is 59.7 Å². The Hall–Kier alpha value is -6.13. The van der Waals surface area contributed by atoms with Crippen molar-refractivity contribution in [1.29, 1.82) is 0 Å². The maximum absolute atomic E-state index is 13.8. The van der Waals surface area contributed by atoms with Gasteiger partial charge in [0.1, 0.15) is 6.04 Å². The number of guanidine groups is 1. The van der Waals surface area contributed by atoms with E-state index >= 15 is 0 Å². The van der Waals surface area contributed by atoms with E-state index in [1.165, 1.54) is 5.56 Å². The van der Waals surface area contributed by atoms with Gasteiger partial charge in [-0.15, -0.1) is 0 Å². The van der Waals surface area contributed by atoms with Crippen LogP contribution < -0.4 is 25.2 Å². The molecule has 8 heterocycles. The molecule has 3 fully saturated rings. The lowest BCUT2D eigenvalue weighted by Crippen LogP contribution is -2.54. The summed E-state index contributed by atoms with van der Waals surface area (Å²) in [4.78, 5) is 71.9. The highest BCUT2D eigenvalue weighted by Gasteiger charge is 2.40.